The third-order valence-corrected chi connectivity index (χ3v) is 11.5. The highest BCUT2D eigenvalue weighted by Gasteiger charge is 2.47. The number of aliphatic hydroxyl groups excluding tert-OH is 7. The molecule has 0 amide bonds. The van der Waals surface area contributed by atoms with Crippen molar-refractivity contribution in [2.24, 2.45) is 0 Å². The number of carbonyl (C=O) groups is 2. The van der Waals surface area contributed by atoms with Gasteiger partial charge in [0.1, 0.15) is 55.4 Å². The number of allylic oxidation sites excluding steroid dienone is 10. The van der Waals surface area contributed by atoms with E-state index in [2.05, 4.69) is 62.5 Å². The van der Waals surface area contributed by atoms with Gasteiger partial charge in [-0.05, 0) is 51.4 Å². The van der Waals surface area contributed by atoms with Crippen LogP contribution >= 0.6 is 0 Å². The van der Waals surface area contributed by atoms with Crippen molar-refractivity contribution in [3.8, 4) is 0 Å². The molecule has 15 nitrogen and oxygen atoms in total. The number of carbonyl (C=O) groups excluding carboxylic acids is 2. The Labute approximate surface area is 394 Å². The monoisotopic (exact) mass is 939 g/mol. The summed E-state index contributed by atoms with van der Waals surface area (Å²) in [7, 11) is 0. The first-order chi connectivity index (χ1) is 32.0. The molecular formula is C51H86O15. The van der Waals surface area contributed by atoms with Crippen molar-refractivity contribution in [1.82, 2.24) is 0 Å². The number of hydrogen-bond acceptors (Lipinski definition) is 15. The topological polar surface area (TPSA) is 231 Å². The van der Waals surface area contributed by atoms with Crippen LogP contribution in [0.25, 0.3) is 0 Å². The minimum atomic E-state index is -1.78. The van der Waals surface area contributed by atoms with E-state index in [4.69, 9.17) is 28.4 Å². The second-order valence-corrected chi connectivity index (χ2v) is 17.3. The van der Waals surface area contributed by atoms with Gasteiger partial charge in [0.25, 0.3) is 0 Å². The number of aliphatic hydroxyl groups is 7. The molecule has 15 heteroatoms. The van der Waals surface area contributed by atoms with Crippen LogP contribution in [-0.4, -0.2) is 142 Å². The second kappa shape index (κ2) is 38.1. The van der Waals surface area contributed by atoms with Crippen LogP contribution in [0.4, 0.5) is 0 Å². The van der Waals surface area contributed by atoms with Gasteiger partial charge in [-0.2, -0.15) is 0 Å². The van der Waals surface area contributed by atoms with Gasteiger partial charge in [-0.3, -0.25) is 9.59 Å². The predicted octanol–water partition coefficient (Wildman–Crippen LogP) is 6.49. The first-order valence-corrected chi connectivity index (χ1v) is 24.9. The predicted molar refractivity (Wildman–Crippen MR) is 252 cm³/mol. The van der Waals surface area contributed by atoms with Gasteiger partial charge in [-0.25, -0.2) is 0 Å². The van der Waals surface area contributed by atoms with Crippen molar-refractivity contribution in [1.29, 1.82) is 0 Å². The molecule has 7 N–H and O–H groups in total. The highest BCUT2D eigenvalue weighted by Crippen LogP contribution is 2.26. The van der Waals surface area contributed by atoms with Crippen LogP contribution in [0.5, 0.6) is 0 Å². The molecule has 0 aliphatic carbocycles. The lowest BCUT2D eigenvalue weighted by Gasteiger charge is -2.42. The molecule has 2 rings (SSSR count). The van der Waals surface area contributed by atoms with Gasteiger partial charge in [0.2, 0.25) is 0 Å². The van der Waals surface area contributed by atoms with Gasteiger partial charge in [-0.1, -0.05) is 152 Å². The molecule has 0 aromatic heterocycles. The fraction of sp³-hybridized carbons (Fsp3) is 0.765. The molecule has 0 aromatic carbocycles. The lowest BCUT2D eigenvalue weighted by atomic mass is 9.98. The van der Waals surface area contributed by atoms with E-state index in [1.807, 2.05) is 12.2 Å². The molecule has 2 aliphatic heterocycles. The van der Waals surface area contributed by atoms with Crippen LogP contribution in [0.2, 0.25) is 0 Å². The minimum Gasteiger partial charge on any atom is -0.462 e. The van der Waals surface area contributed by atoms with E-state index in [1.165, 1.54) is 57.8 Å². The molecule has 2 aliphatic rings. The SMILES string of the molecule is CC/C=C/C/C=C/C/C=C/C/C=C/C/C=C/CCCC(=O)O[C@H](COC(=O)CCCCCCCCCCCCCCC)CO[C@H]1O[C@@H](CO[C@H]2O[C@@H](CO)[C@@H](O)C(O)C2O)[C@@H](O)C(O)C1O. The van der Waals surface area contributed by atoms with Crippen molar-refractivity contribution in [3.05, 3.63) is 60.8 Å². The number of esters is 2. The van der Waals surface area contributed by atoms with Crippen LogP contribution in [0.1, 0.15) is 155 Å². The van der Waals surface area contributed by atoms with Gasteiger partial charge < -0.3 is 64.2 Å². The molecule has 380 valence electrons. The van der Waals surface area contributed by atoms with Crippen molar-refractivity contribution in [2.45, 2.75) is 223 Å². The zero-order valence-electron chi connectivity index (χ0n) is 39.9. The summed E-state index contributed by atoms with van der Waals surface area (Å²) in [5.41, 5.74) is 0. The summed E-state index contributed by atoms with van der Waals surface area (Å²) in [6.07, 6.45) is 25.4. The molecule has 0 bridgehead atoms. The smallest absolute Gasteiger partial charge is 0.306 e. The van der Waals surface area contributed by atoms with E-state index in [1.54, 1.807) is 0 Å². The minimum absolute atomic E-state index is 0.0859. The Morgan fingerprint density at radius 2 is 0.955 bits per heavy atom. The molecule has 0 spiro atoms. The normalized spacial score (nSPS) is 26.7. The summed E-state index contributed by atoms with van der Waals surface area (Å²) < 4.78 is 33.5. The zero-order chi connectivity index (χ0) is 48.2. The van der Waals surface area contributed by atoms with E-state index in [0.29, 0.717) is 19.3 Å². The Kier molecular flexibility index (Phi) is 34.2. The van der Waals surface area contributed by atoms with Gasteiger partial charge in [0.05, 0.1) is 19.8 Å². The molecule has 0 radical (unpaired) electrons. The number of rotatable bonds is 37. The van der Waals surface area contributed by atoms with E-state index in [-0.39, 0.29) is 19.4 Å². The first kappa shape index (κ1) is 59.3. The van der Waals surface area contributed by atoms with Crippen LogP contribution in [0, 0.1) is 0 Å². The molecule has 0 aromatic rings. The Hall–Kier alpha value is -2.80. The molecule has 4 unspecified atom stereocenters. The summed E-state index contributed by atoms with van der Waals surface area (Å²) in [4.78, 5) is 25.7. The highest BCUT2D eigenvalue weighted by atomic mass is 16.7. The van der Waals surface area contributed by atoms with E-state index >= 15 is 0 Å². The van der Waals surface area contributed by atoms with Crippen molar-refractivity contribution >= 4 is 11.9 Å². The van der Waals surface area contributed by atoms with Crippen LogP contribution in [-0.2, 0) is 38.0 Å². The zero-order valence-corrected chi connectivity index (χ0v) is 39.9. The quantitative estimate of drug-likeness (QED) is 0.0201. The molecule has 2 fully saturated rings. The Balaban J connectivity index is 1.86. The molecule has 2 heterocycles. The Morgan fingerprint density at radius 3 is 1.48 bits per heavy atom. The van der Waals surface area contributed by atoms with Crippen LogP contribution < -0.4 is 0 Å². The average Bonchev–Trinajstić information content (AvgIpc) is 3.31. The van der Waals surface area contributed by atoms with E-state index < -0.39 is 99.3 Å². The first-order valence-electron chi connectivity index (χ1n) is 24.9. The lowest BCUT2D eigenvalue weighted by molar-refractivity contribution is -0.332. The van der Waals surface area contributed by atoms with E-state index in [0.717, 1.165) is 51.4 Å². The summed E-state index contributed by atoms with van der Waals surface area (Å²) >= 11 is 0. The van der Waals surface area contributed by atoms with Gasteiger partial charge >= 0.3 is 11.9 Å². The number of unbranched alkanes of at least 4 members (excludes halogenated alkanes) is 13. The second-order valence-electron chi connectivity index (χ2n) is 17.3. The maximum atomic E-state index is 13.0. The number of ether oxygens (including phenoxy) is 6. The third kappa shape index (κ3) is 26.1. The van der Waals surface area contributed by atoms with Crippen molar-refractivity contribution < 1.29 is 73.8 Å². The maximum Gasteiger partial charge on any atom is 0.306 e. The van der Waals surface area contributed by atoms with Crippen LogP contribution in [0.15, 0.2) is 60.8 Å². The van der Waals surface area contributed by atoms with Gasteiger partial charge in [-0.15, -0.1) is 0 Å². The largest absolute Gasteiger partial charge is 0.462 e. The molecule has 11 atom stereocenters. The van der Waals surface area contributed by atoms with Gasteiger partial charge in [0.15, 0.2) is 18.7 Å². The summed E-state index contributed by atoms with van der Waals surface area (Å²) in [6, 6.07) is 0. The molecule has 2 saturated heterocycles. The molecular weight excluding hydrogens is 853 g/mol. The highest BCUT2D eigenvalue weighted by molar-refractivity contribution is 5.70. The lowest BCUT2D eigenvalue weighted by Crippen LogP contribution is -2.61. The van der Waals surface area contributed by atoms with E-state index in [9.17, 15) is 45.3 Å². The summed E-state index contributed by atoms with van der Waals surface area (Å²) in [5.74, 6) is -0.995. The van der Waals surface area contributed by atoms with Crippen molar-refractivity contribution in [3.63, 3.8) is 0 Å². The average molecular weight is 939 g/mol. The maximum absolute atomic E-state index is 13.0. The molecule has 66 heavy (non-hydrogen) atoms. The molecule has 0 saturated carbocycles. The fourth-order valence-corrected chi connectivity index (χ4v) is 7.43. The van der Waals surface area contributed by atoms with Crippen molar-refractivity contribution in [2.75, 3.05) is 26.4 Å². The fourth-order valence-electron chi connectivity index (χ4n) is 7.43. The van der Waals surface area contributed by atoms with Gasteiger partial charge in [0, 0.05) is 12.8 Å². The van der Waals surface area contributed by atoms with Crippen LogP contribution in [0.3, 0.4) is 0 Å². The third-order valence-electron chi connectivity index (χ3n) is 11.5. The standard InChI is InChI=1S/C51H86O15/c1-3-5-7-9-11-13-15-17-18-19-20-22-24-26-28-30-32-34-43(54)64-39(36-61-42(53)33-31-29-27-25-23-21-16-14-12-10-8-6-4-2)37-62-50-49(60)47(58)45(56)41(66-50)38-63-51-48(59)46(57)44(55)40(35-52)65-51/h5,7,11,13,17-18,20,22,26,28,39-41,44-52,55-60H,3-4,6,8-10,12,14-16,19,21,23-25,27,29-38H2,1-2H3/b7-5+,13-11+,18-17+,22-20+,28-26+/t39-,40+,41+,44-,45-,46?,47?,48?,49?,50+,51+/m1/s1. The number of hydrogen-bond donors (Lipinski definition) is 7. The summed E-state index contributed by atoms with van der Waals surface area (Å²) in [6.45, 7) is 2.40. The Morgan fingerprint density at radius 1 is 0.500 bits per heavy atom. The Bertz CT molecular complexity index is 1380. The summed E-state index contributed by atoms with van der Waals surface area (Å²) in [5, 5.41) is 72.0.